The van der Waals surface area contributed by atoms with Crippen molar-refractivity contribution in [1.29, 1.82) is 0 Å². The van der Waals surface area contributed by atoms with Gasteiger partial charge in [-0.1, -0.05) is 6.07 Å². The number of benzene rings is 1. The first kappa shape index (κ1) is 15.1. The van der Waals surface area contributed by atoms with E-state index in [1.807, 2.05) is 0 Å². The van der Waals surface area contributed by atoms with Crippen LogP contribution in [-0.2, 0) is 6.61 Å². The highest BCUT2D eigenvalue weighted by Gasteiger charge is 2.16. The van der Waals surface area contributed by atoms with Crippen LogP contribution >= 0.6 is 0 Å². The molecule has 4 aromatic rings. The topological polar surface area (TPSA) is 95.6 Å². The Balaban J connectivity index is 1.86. The lowest BCUT2D eigenvalue weighted by Crippen LogP contribution is -1.88. The maximum absolute atomic E-state index is 9.55. The van der Waals surface area contributed by atoms with Crippen molar-refractivity contribution in [3.05, 3.63) is 66.6 Å². The molecule has 0 aliphatic rings. The third-order valence-electron chi connectivity index (χ3n) is 3.69. The van der Waals surface area contributed by atoms with Crippen molar-refractivity contribution >= 4 is 17.2 Å². The zero-order chi connectivity index (χ0) is 17.2. The number of furan rings is 1. The van der Waals surface area contributed by atoms with Crippen molar-refractivity contribution in [2.75, 3.05) is 0 Å². The molecule has 0 atom stereocenters. The van der Waals surface area contributed by atoms with Crippen LogP contribution < -0.4 is 0 Å². The number of phenolic OH excluding ortho intramolecular Hbond substituents is 1. The lowest BCUT2D eigenvalue weighted by molar-refractivity contribution is 0.282. The minimum absolute atomic E-state index is 0.0699. The quantitative estimate of drug-likeness (QED) is 0.546. The number of aromatic hydroxyl groups is 1. The Morgan fingerprint density at radius 1 is 1.08 bits per heavy atom. The zero-order valence-corrected chi connectivity index (χ0v) is 13.1. The molecule has 124 valence electrons. The Morgan fingerprint density at radius 2 is 2.00 bits per heavy atom. The number of aromatic nitrogens is 2. The molecule has 7 nitrogen and oxygen atoms in total. The van der Waals surface area contributed by atoms with E-state index in [1.165, 1.54) is 6.07 Å². The number of phenols is 1. The predicted octanol–water partition coefficient (Wildman–Crippen LogP) is 4.21. The van der Waals surface area contributed by atoms with Gasteiger partial charge in [-0.2, -0.15) is 0 Å². The first-order chi connectivity index (χ1) is 12.2. The summed E-state index contributed by atoms with van der Waals surface area (Å²) in [5.41, 5.74) is 2.44. The van der Waals surface area contributed by atoms with Crippen molar-refractivity contribution in [2.45, 2.75) is 6.61 Å². The van der Waals surface area contributed by atoms with Crippen LogP contribution in [0.25, 0.3) is 17.1 Å². The van der Waals surface area contributed by atoms with E-state index in [2.05, 4.69) is 15.2 Å². The average molecular weight is 334 g/mol. The molecule has 0 unspecified atom stereocenters. The third kappa shape index (κ3) is 2.88. The van der Waals surface area contributed by atoms with Gasteiger partial charge < -0.3 is 14.6 Å². The molecule has 25 heavy (non-hydrogen) atoms. The number of hydrogen-bond acceptors (Lipinski definition) is 6. The fraction of sp³-hybridized carbons (Fsp3) is 0.0556. The number of aliphatic hydroxyl groups is 1. The monoisotopic (exact) mass is 334 g/mol. The second-order valence-electron chi connectivity index (χ2n) is 5.40. The molecule has 0 amide bonds. The van der Waals surface area contributed by atoms with E-state index in [0.717, 1.165) is 5.56 Å². The molecular formula is C18H14N4O3. The van der Waals surface area contributed by atoms with Crippen molar-refractivity contribution in [3.63, 3.8) is 0 Å². The molecule has 4 rings (SSSR count). The minimum Gasteiger partial charge on any atom is -0.508 e. The van der Waals surface area contributed by atoms with E-state index >= 15 is 0 Å². The molecule has 7 heteroatoms. The van der Waals surface area contributed by atoms with Crippen molar-refractivity contribution < 1.29 is 14.6 Å². The van der Waals surface area contributed by atoms with Crippen LogP contribution in [0.2, 0.25) is 0 Å². The summed E-state index contributed by atoms with van der Waals surface area (Å²) in [6.07, 6.45) is 3.34. The molecule has 0 fully saturated rings. The molecule has 0 aliphatic heterocycles. The number of hydrogen-bond donors (Lipinski definition) is 2. The number of rotatable bonds is 4. The summed E-state index contributed by atoms with van der Waals surface area (Å²) in [5, 5.41) is 27.4. The van der Waals surface area contributed by atoms with Gasteiger partial charge >= 0.3 is 0 Å². The number of imidazole rings is 1. The fourth-order valence-corrected chi connectivity index (χ4v) is 2.51. The summed E-state index contributed by atoms with van der Waals surface area (Å²) in [4.78, 5) is 4.55. The predicted molar refractivity (Wildman–Crippen MR) is 91.1 cm³/mol. The highest BCUT2D eigenvalue weighted by molar-refractivity contribution is 5.71. The standard InChI is InChI=1S/C18H14N4O3/c23-11-12-6-7-22-16(9-12)19-17(15-5-2-8-25-15)18(22)21-20-13-3-1-4-14(24)10-13/h1-10,23-24H,11H2. The average Bonchev–Trinajstić information content (AvgIpc) is 3.27. The van der Waals surface area contributed by atoms with E-state index < -0.39 is 0 Å². The van der Waals surface area contributed by atoms with Crippen molar-refractivity contribution in [1.82, 2.24) is 9.38 Å². The molecule has 1 aromatic carbocycles. The highest BCUT2D eigenvalue weighted by Crippen LogP contribution is 2.33. The molecule has 0 spiro atoms. The summed E-state index contributed by atoms with van der Waals surface area (Å²) in [5.74, 6) is 1.19. The summed E-state index contributed by atoms with van der Waals surface area (Å²) >= 11 is 0. The second-order valence-corrected chi connectivity index (χ2v) is 5.40. The minimum atomic E-state index is -0.0699. The van der Waals surface area contributed by atoms with Crippen LogP contribution in [0, 0.1) is 0 Å². The van der Waals surface area contributed by atoms with Crippen molar-refractivity contribution in [3.8, 4) is 17.2 Å². The lowest BCUT2D eigenvalue weighted by atomic mass is 10.3. The van der Waals surface area contributed by atoms with Crippen LogP contribution in [0.1, 0.15) is 5.56 Å². The highest BCUT2D eigenvalue weighted by atomic mass is 16.3. The summed E-state index contributed by atoms with van der Waals surface area (Å²) < 4.78 is 7.22. The van der Waals surface area contributed by atoms with Gasteiger partial charge in [0.25, 0.3) is 0 Å². The molecule has 0 radical (unpaired) electrons. The largest absolute Gasteiger partial charge is 0.508 e. The van der Waals surface area contributed by atoms with Crippen LogP contribution in [0.4, 0.5) is 11.5 Å². The number of fused-ring (bicyclic) bond motifs is 1. The van der Waals surface area contributed by atoms with Crippen molar-refractivity contribution in [2.24, 2.45) is 10.2 Å². The van der Waals surface area contributed by atoms with Gasteiger partial charge in [0.05, 0.1) is 18.6 Å². The maximum atomic E-state index is 9.55. The molecular weight excluding hydrogens is 320 g/mol. The lowest BCUT2D eigenvalue weighted by Gasteiger charge is -1.99. The van der Waals surface area contributed by atoms with Crippen LogP contribution in [0.15, 0.2) is 75.6 Å². The van der Waals surface area contributed by atoms with Gasteiger partial charge in [0.1, 0.15) is 11.4 Å². The molecule has 3 heterocycles. The van der Waals surface area contributed by atoms with E-state index in [-0.39, 0.29) is 12.4 Å². The molecule has 0 bridgehead atoms. The molecule has 0 aliphatic carbocycles. The molecule has 0 saturated carbocycles. The van der Waals surface area contributed by atoms with E-state index in [1.54, 1.807) is 59.3 Å². The smallest absolute Gasteiger partial charge is 0.190 e. The number of aliphatic hydroxyl groups excluding tert-OH is 1. The van der Waals surface area contributed by atoms with Crippen LogP contribution in [0.5, 0.6) is 5.75 Å². The van der Waals surface area contributed by atoms with Gasteiger partial charge in [0.15, 0.2) is 17.3 Å². The van der Waals surface area contributed by atoms with Gasteiger partial charge in [-0.3, -0.25) is 4.40 Å². The van der Waals surface area contributed by atoms with E-state index in [4.69, 9.17) is 4.42 Å². The Bertz CT molecular complexity index is 1050. The van der Waals surface area contributed by atoms with Crippen LogP contribution in [-0.4, -0.2) is 19.6 Å². The first-order valence-corrected chi connectivity index (χ1v) is 7.61. The van der Waals surface area contributed by atoms with Gasteiger partial charge in [-0.15, -0.1) is 10.2 Å². The number of pyridine rings is 1. The Kier molecular flexibility index (Phi) is 3.75. The Morgan fingerprint density at radius 3 is 2.76 bits per heavy atom. The molecule has 2 N–H and O–H groups in total. The summed E-state index contributed by atoms with van der Waals surface area (Å²) in [6.45, 7) is -0.0699. The molecule has 3 aromatic heterocycles. The first-order valence-electron chi connectivity index (χ1n) is 7.61. The third-order valence-corrected chi connectivity index (χ3v) is 3.69. The number of nitrogens with zero attached hydrogens (tertiary/aromatic N) is 4. The zero-order valence-electron chi connectivity index (χ0n) is 13.1. The van der Waals surface area contributed by atoms with Gasteiger partial charge in [0, 0.05) is 12.3 Å². The van der Waals surface area contributed by atoms with Gasteiger partial charge in [0.2, 0.25) is 0 Å². The van der Waals surface area contributed by atoms with Crippen LogP contribution in [0.3, 0.4) is 0 Å². The van der Waals surface area contributed by atoms with E-state index in [0.29, 0.717) is 28.6 Å². The maximum Gasteiger partial charge on any atom is 0.190 e. The number of azo groups is 1. The molecule has 0 saturated heterocycles. The van der Waals surface area contributed by atoms with Gasteiger partial charge in [-0.05, 0) is 42.0 Å². The summed E-state index contributed by atoms with van der Waals surface area (Å²) in [7, 11) is 0. The van der Waals surface area contributed by atoms with E-state index in [9.17, 15) is 10.2 Å². The normalized spacial score (nSPS) is 11.6. The second kappa shape index (κ2) is 6.21. The SMILES string of the molecule is OCc1ccn2c(N=Nc3cccc(O)c3)c(-c3ccco3)nc2c1. The Labute approximate surface area is 142 Å². The fourth-order valence-electron chi connectivity index (χ4n) is 2.51. The summed E-state index contributed by atoms with van der Waals surface area (Å²) in [6, 6.07) is 13.6. The van der Waals surface area contributed by atoms with Gasteiger partial charge in [-0.25, -0.2) is 4.98 Å². The Hall–Kier alpha value is -3.45.